The highest BCUT2D eigenvalue weighted by Crippen LogP contribution is 2.21. The first-order valence-electron chi connectivity index (χ1n) is 4.20. The number of aliphatic hydroxyl groups is 1. The van der Waals surface area contributed by atoms with Crippen LogP contribution in [-0.2, 0) is 5.60 Å². The monoisotopic (exact) mass is 255 g/mol. The van der Waals surface area contributed by atoms with Crippen LogP contribution in [0.1, 0.15) is 19.5 Å². The zero-order valence-electron chi connectivity index (χ0n) is 7.90. The molecular weight excluding hydrogens is 246 g/mol. The number of aromatic nitrogens is 3. The van der Waals surface area contributed by atoms with Crippen LogP contribution in [-0.4, -0.2) is 19.5 Å². The Morgan fingerprint density at radius 2 is 2.21 bits per heavy atom. The molecule has 0 bridgehead atoms. The number of hydrogen-bond donors (Lipinski definition) is 1. The maximum atomic E-state index is 9.77. The van der Waals surface area contributed by atoms with Gasteiger partial charge in [0.1, 0.15) is 10.2 Å². The lowest BCUT2D eigenvalue weighted by atomic mass is 10.1. The normalized spacial score (nSPS) is 12.3. The minimum absolute atomic E-state index is 0.631. The van der Waals surface area contributed by atoms with Crippen molar-refractivity contribution in [1.82, 2.24) is 14.4 Å². The van der Waals surface area contributed by atoms with E-state index in [1.807, 2.05) is 4.40 Å². The zero-order valence-corrected chi connectivity index (χ0v) is 9.48. The molecular formula is C9H10BrN3O. The van der Waals surface area contributed by atoms with Crippen LogP contribution in [0.2, 0.25) is 0 Å². The van der Waals surface area contributed by atoms with Gasteiger partial charge in [-0.15, -0.1) is 0 Å². The number of imidazole rings is 1. The molecule has 0 aliphatic heterocycles. The first kappa shape index (κ1) is 9.61. The first-order valence-corrected chi connectivity index (χ1v) is 5.00. The number of fused-ring (bicyclic) bond motifs is 1. The second kappa shape index (κ2) is 3.03. The third-order valence-corrected chi connectivity index (χ3v) is 2.52. The molecule has 1 N–H and O–H groups in total. The third-order valence-electron chi connectivity index (χ3n) is 1.96. The van der Waals surface area contributed by atoms with Crippen LogP contribution in [0.25, 0.3) is 5.65 Å². The average molecular weight is 256 g/mol. The molecule has 5 heteroatoms. The maximum Gasteiger partial charge on any atom is 0.170 e. The fraction of sp³-hybridized carbons (Fsp3) is 0.333. The molecule has 0 aliphatic rings. The van der Waals surface area contributed by atoms with Crippen LogP contribution < -0.4 is 0 Å². The van der Waals surface area contributed by atoms with Crippen molar-refractivity contribution >= 4 is 21.6 Å². The van der Waals surface area contributed by atoms with Gasteiger partial charge < -0.3 is 9.51 Å². The fourth-order valence-electron chi connectivity index (χ4n) is 1.18. The van der Waals surface area contributed by atoms with Gasteiger partial charge in [-0.3, -0.25) is 0 Å². The minimum atomic E-state index is -0.925. The zero-order chi connectivity index (χ0) is 10.3. The van der Waals surface area contributed by atoms with Crippen molar-refractivity contribution in [3.05, 3.63) is 28.9 Å². The molecule has 0 aliphatic carbocycles. The summed E-state index contributed by atoms with van der Waals surface area (Å²) in [4.78, 5) is 8.34. The Balaban J connectivity index is 2.69. The lowest BCUT2D eigenvalue weighted by molar-refractivity contribution is 0.0744. The van der Waals surface area contributed by atoms with Gasteiger partial charge in [-0.2, -0.15) is 0 Å². The fourth-order valence-corrected chi connectivity index (χ4v) is 1.59. The number of nitrogens with zero attached hydrogens (tertiary/aromatic N) is 3. The van der Waals surface area contributed by atoms with Crippen LogP contribution in [0.5, 0.6) is 0 Å². The highest BCUT2D eigenvalue weighted by molar-refractivity contribution is 9.10. The molecule has 0 radical (unpaired) electrons. The lowest BCUT2D eigenvalue weighted by Crippen LogP contribution is -2.15. The van der Waals surface area contributed by atoms with Gasteiger partial charge in [-0.1, -0.05) is 0 Å². The minimum Gasteiger partial charge on any atom is -0.384 e. The molecule has 0 spiro atoms. The van der Waals surface area contributed by atoms with Gasteiger partial charge in [0.2, 0.25) is 0 Å². The van der Waals surface area contributed by atoms with Gasteiger partial charge in [-0.05, 0) is 29.8 Å². The lowest BCUT2D eigenvalue weighted by Gasteiger charge is -2.12. The molecule has 0 unspecified atom stereocenters. The standard InChI is InChI=1S/C9H10BrN3O/c1-9(2,14)6-5-13-4-3-11-7(10)8(13)12-6/h3-5,14H,1-2H3. The average Bonchev–Trinajstić information content (AvgIpc) is 2.48. The topological polar surface area (TPSA) is 50.4 Å². The molecule has 14 heavy (non-hydrogen) atoms. The van der Waals surface area contributed by atoms with Gasteiger partial charge in [0.15, 0.2) is 5.65 Å². The Labute approximate surface area is 89.7 Å². The van der Waals surface area contributed by atoms with E-state index in [1.54, 1.807) is 32.4 Å². The SMILES string of the molecule is CC(C)(O)c1cn2ccnc(Br)c2n1. The molecule has 74 valence electrons. The largest absolute Gasteiger partial charge is 0.384 e. The quantitative estimate of drug-likeness (QED) is 0.845. The molecule has 2 heterocycles. The van der Waals surface area contributed by atoms with Crippen molar-refractivity contribution in [2.75, 3.05) is 0 Å². The Morgan fingerprint density at radius 1 is 1.50 bits per heavy atom. The summed E-state index contributed by atoms with van der Waals surface area (Å²) < 4.78 is 2.50. The highest BCUT2D eigenvalue weighted by atomic mass is 79.9. The van der Waals surface area contributed by atoms with Crippen molar-refractivity contribution in [2.45, 2.75) is 19.4 Å². The van der Waals surface area contributed by atoms with Crippen molar-refractivity contribution in [3.8, 4) is 0 Å². The number of hydrogen-bond acceptors (Lipinski definition) is 3. The van der Waals surface area contributed by atoms with E-state index in [0.29, 0.717) is 15.9 Å². The summed E-state index contributed by atoms with van der Waals surface area (Å²) in [6, 6.07) is 0. The number of rotatable bonds is 1. The van der Waals surface area contributed by atoms with E-state index in [0.717, 1.165) is 0 Å². The molecule has 0 fully saturated rings. The van der Waals surface area contributed by atoms with Gasteiger partial charge in [-0.25, -0.2) is 9.97 Å². The van der Waals surface area contributed by atoms with Crippen molar-refractivity contribution < 1.29 is 5.11 Å². The van der Waals surface area contributed by atoms with Gasteiger partial charge >= 0.3 is 0 Å². The summed E-state index contributed by atoms with van der Waals surface area (Å²) in [5.74, 6) is 0. The Kier molecular flexibility index (Phi) is 2.08. The van der Waals surface area contributed by atoms with Crippen LogP contribution in [0.3, 0.4) is 0 Å². The van der Waals surface area contributed by atoms with E-state index in [4.69, 9.17) is 0 Å². The summed E-state index contributed by atoms with van der Waals surface area (Å²) in [6.45, 7) is 3.41. The summed E-state index contributed by atoms with van der Waals surface area (Å²) in [5, 5.41) is 9.77. The second-order valence-corrected chi connectivity index (χ2v) is 4.39. The van der Waals surface area contributed by atoms with E-state index >= 15 is 0 Å². The molecule has 0 atom stereocenters. The maximum absolute atomic E-state index is 9.77. The van der Waals surface area contributed by atoms with Crippen molar-refractivity contribution in [2.24, 2.45) is 0 Å². The van der Waals surface area contributed by atoms with Crippen LogP contribution in [0, 0.1) is 0 Å². The van der Waals surface area contributed by atoms with Gasteiger partial charge in [0.25, 0.3) is 0 Å². The Hall–Kier alpha value is -0.940. The predicted molar refractivity (Wildman–Crippen MR) is 55.9 cm³/mol. The van der Waals surface area contributed by atoms with Crippen LogP contribution in [0.15, 0.2) is 23.2 Å². The van der Waals surface area contributed by atoms with Gasteiger partial charge in [0, 0.05) is 18.6 Å². The second-order valence-electron chi connectivity index (χ2n) is 3.63. The van der Waals surface area contributed by atoms with E-state index in [9.17, 15) is 5.11 Å². The summed E-state index contributed by atoms with van der Waals surface area (Å²) in [6.07, 6.45) is 5.26. The highest BCUT2D eigenvalue weighted by Gasteiger charge is 2.20. The predicted octanol–water partition coefficient (Wildman–Crippen LogP) is 1.72. The molecule has 0 amide bonds. The van der Waals surface area contributed by atoms with Crippen LogP contribution in [0.4, 0.5) is 0 Å². The Bertz CT molecular complexity index is 472. The Morgan fingerprint density at radius 3 is 2.79 bits per heavy atom. The smallest absolute Gasteiger partial charge is 0.170 e. The van der Waals surface area contributed by atoms with E-state index in [1.165, 1.54) is 0 Å². The first-order chi connectivity index (χ1) is 6.48. The summed E-state index contributed by atoms with van der Waals surface area (Å²) in [5.41, 5.74) is 0.418. The summed E-state index contributed by atoms with van der Waals surface area (Å²) in [7, 11) is 0. The van der Waals surface area contributed by atoms with Crippen molar-refractivity contribution in [3.63, 3.8) is 0 Å². The van der Waals surface area contributed by atoms with Gasteiger partial charge in [0.05, 0.1) is 5.69 Å². The number of halogens is 1. The third kappa shape index (κ3) is 1.53. The molecule has 2 aromatic heterocycles. The summed E-state index contributed by atoms with van der Waals surface area (Å²) >= 11 is 3.30. The van der Waals surface area contributed by atoms with E-state index in [2.05, 4.69) is 25.9 Å². The molecule has 0 saturated heterocycles. The molecule has 0 saturated carbocycles. The van der Waals surface area contributed by atoms with E-state index < -0.39 is 5.60 Å². The molecule has 2 aromatic rings. The molecule has 4 nitrogen and oxygen atoms in total. The molecule has 2 rings (SSSR count). The van der Waals surface area contributed by atoms with Crippen LogP contribution >= 0.6 is 15.9 Å². The van der Waals surface area contributed by atoms with Crippen molar-refractivity contribution in [1.29, 1.82) is 0 Å². The van der Waals surface area contributed by atoms with E-state index in [-0.39, 0.29) is 0 Å². The molecule has 0 aromatic carbocycles.